The monoisotopic (exact) mass is 210 g/mol. The number of allylic oxidation sites excluding steroid dienone is 6. The van der Waals surface area contributed by atoms with Crippen molar-refractivity contribution in [1.82, 2.24) is 0 Å². The van der Waals surface area contributed by atoms with Gasteiger partial charge in [-0.3, -0.25) is 0 Å². The van der Waals surface area contributed by atoms with E-state index >= 15 is 0 Å². The molecule has 0 radical (unpaired) electrons. The predicted octanol–water partition coefficient (Wildman–Crippen LogP) is 4.78. The van der Waals surface area contributed by atoms with Crippen LogP contribution in [0.2, 0.25) is 0 Å². The van der Waals surface area contributed by atoms with Crippen molar-refractivity contribution in [3.63, 3.8) is 0 Å². The van der Waals surface area contributed by atoms with Crippen LogP contribution >= 0.6 is 0 Å². The van der Waals surface area contributed by atoms with Crippen molar-refractivity contribution in [3.8, 4) is 0 Å². The zero-order valence-electron chi connectivity index (χ0n) is 9.82. The molecule has 0 amide bonds. The molecule has 0 unspecified atom stereocenters. The minimum atomic E-state index is 1.02. The third-order valence-electron chi connectivity index (χ3n) is 2.27. The van der Waals surface area contributed by atoms with Crippen molar-refractivity contribution in [1.29, 1.82) is 0 Å². The lowest BCUT2D eigenvalue weighted by molar-refractivity contribution is 1.22. The first-order valence-electron chi connectivity index (χ1n) is 5.53. The van der Waals surface area contributed by atoms with E-state index in [9.17, 15) is 0 Å². The Bertz CT molecular complexity index is 405. The van der Waals surface area contributed by atoms with Gasteiger partial charge in [-0.25, -0.2) is 0 Å². The fourth-order valence-electron chi connectivity index (χ4n) is 1.47. The van der Waals surface area contributed by atoms with E-state index in [0.717, 1.165) is 17.6 Å². The smallest absolute Gasteiger partial charge is 0.0118 e. The highest BCUT2D eigenvalue weighted by atomic mass is 14.1. The highest BCUT2D eigenvalue weighted by molar-refractivity contribution is 5.81. The molecule has 0 bridgehead atoms. The van der Waals surface area contributed by atoms with Crippen LogP contribution < -0.4 is 0 Å². The van der Waals surface area contributed by atoms with Crippen LogP contribution in [0.4, 0.5) is 0 Å². The van der Waals surface area contributed by atoms with Crippen molar-refractivity contribution < 1.29 is 0 Å². The van der Waals surface area contributed by atoms with Crippen molar-refractivity contribution in [2.75, 3.05) is 0 Å². The Morgan fingerprint density at radius 2 is 1.94 bits per heavy atom. The number of hydrogen-bond acceptors (Lipinski definition) is 0. The first kappa shape index (κ1) is 12.3. The number of benzene rings is 1. The second kappa shape index (κ2) is 6.62. The van der Waals surface area contributed by atoms with Gasteiger partial charge < -0.3 is 0 Å². The van der Waals surface area contributed by atoms with Crippen LogP contribution in [0, 0.1) is 0 Å². The van der Waals surface area contributed by atoms with Gasteiger partial charge in [-0.2, -0.15) is 0 Å². The van der Waals surface area contributed by atoms with Crippen LogP contribution in [0.1, 0.15) is 18.9 Å². The second-order valence-corrected chi connectivity index (χ2v) is 3.52. The maximum atomic E-state index is 4.08. The van der Waals surface area contributed by atoms with Crippen LogP contribution in [0.25, 0.3) is 5.57 Å². The quantitative estimate of drug-likeness (QED) is 0.614. The Hall–Kier alpha value is -1.82. The highest BCUT2D eigenvalue weighted by Gasteiger charge is 2.01. The minimum absolute atomic E-state index is 1.02. The van der Waals surface area contributed by atoms with Crippen LogP contribution in [-0.4, -0.2) is 0 Å². The third-order valence-corrected chi connectivity index (χ3v) is 2.27. The van der Waals surface area contributed by atoms with E-state index in [1.54, 1.807) is 6.08 Å². The van der Waals surface area contributed by atoms with Gasteiger partial charge in [-0.05, 0) is 23.1 Å². The molecular formula is C16H18. The summed E-state index contributed by atoms with van der Waals surface area (Å²) in [5, 5.41) is 0. The number of hydrogen-bond donors (Lipinski definition) is 0. The normalized spacial score (nSPS) is 11.7. The summed E-state index contributed by atoms with van der Waals surface area (Å²) < 4.78 is 0. The van der Waals surface area contributed by atoms with E-state index in [1.165, 1.54) is 5.56 Å². The van der Waals surface area contributed by atoms with E-state index in [4.69, 9.17) is 0 Å². The summed E-state index contributed by atoms with van der Waals surface area (Å²) in [6.07, 6.45) is 8.99. The molecule has 0 N–H and O–H groups in total. The van der Waals surface area contributed by atoms with Gasteiger partial charge in [0, 0.05) is 0 Å². The van der Waals surface area contributed by atoms with E-state index in [0.29, 0.717) is 0 Å². The van der Waals surface area contributed by atoms with Crippen LogP contribution in [0.5, 0.6) is 0 Å². The van der Waals surface area contributed by atoms with Crippen molar-refractivity contribution in [2.45, 2.75) is 13.3 Å². The molecule has 0 aliphatic rings. The highest BCUT2D eigenvalue weighted by Crippen LogP contribution is 2.22. The molecular weight excluding hydrogens is 192 g/mol. The van der Waals surface area contributed by atoms with E-state index in [1.807, 2.05) is 24.3 Å². The van der Waals surface area contributed by atoms with Gasteiger partial charge >= 0.3 is 0 Å². The molecule has 0 saturated carbocycles. The topological polar surface area (TPSA) is 0 Å². The Morgan fingerprint density at radius 1 is 1.25 bits per heavy atom. The molecule has 1 aromatic rings. The molecule has 1 aromatic carbocycles. The van der Waals surface area contributed by atoms with Crippen LogP contribution in [0.3, 0.4) is 0 Å². The Balaban J connectivity index is 3.02. The van der Waals surface area contributed by atoms with E-state index in [-0.39, 0.29) is 0 Å². The lowest BCUT2D eigenvalue weighted by Gasteiger charge is -2.07. The average molecular weight is 210 g/mol. The molecule has 0 heterocycles. The molecule has 1 rings (SSSR count). The fourth-order valence-corrected chi connectivity index (χ4v) is 1.47. The molecule has 0 aliphatic carbocycles. The SMILES string of the molecule is C=CC=C(C(=C)C=CCC)c1ccccc1. The largest absolute Gasteiger partial charge is 0.0990 e. The van der Waals surface area contributed by atoms with Crippen molar-refractivity contribution >= 4 is 5.57 Å². The van der Waals surface area contributed by atoms with Gasteiger partial charge in [0.05, 0.1) is 0 Å². The first-order valence-corrected chi connectivity index (χ1v) is 5.53. The van der Waals surface area contributed by atoms with E-state index in [2.05, 4.69) is 44.4 Å². The Morgan fingerprint density at radius 3 is 2.50 bits per heavy atom. The van der Waals surface area contributed by atoms with Crippen LogP contribution in [-0.2, 0) is 0 Å². The molecule has 16 heavy (non-hydrogen) atoms. The maximum Gasteiger partial charge on any atom is -0.0118 e. The standard InChI is InChI=1S/C16H18/c1-4-6-11-14(3)16(10-5-2)15-12-8-7-9-13-15/h5-13H,2-4H2,1H3. The summed E-state index contributed by atoms with van der Waals surface area (Å²) in [5.74, 6) is 0. The summed E-state index contributed by atoms with van der Waals surface area (Å²) in [4.78, 5) is 0. The molecule has 0 aromatic heterocycles. The molecule has 0 spiro atoms. The third kappa shape index (κ3) is 3.39. The molecule has 0 heteroatoms. The predicted molar refractivity (Wildman–Crippen MR) is 73.2 cm³/mol. The molecule has 82 valence electrons. The fraction of sp³-hybridized carbons (Fsp3) is 0.125. The lowest BCUT2D eigenvalue weighted by Crippen LogP contribution is -1.85. The second-order valence-electron chi connectivity index (χ2n) is 3.52. The first-order chi connectivity index (χ1) is 7.79. The summed E-state index contributed by atoms with van der Waals surface area (Å²) in [6.45, 7) is 9.95. The molecule has 0 atom stereocenters. The van der Waals surface area contributed by atoms with Gasteiger partial charge in [0.2, 0.25) is 0 Å². The molecule has 0 nitrogen and oxygen atoms in total. The lowest BCUT2D eigenvalue weighted by atomic mass is 9.98. The van der Waals surface area contributed by atoms with Crippen LogP contribution in [0.15, 0.2) is 73.4 Å². The zero-order valence-corrected chi connectivity index (χ0v) is 9.82. The summed E-state index contributed by atoms with van der Waals surface area (Å²) >= 11 is 0. The Labute approximate surface area is 98.3 Å². The van der Waals surface area contributed by atoms with Gasteiger partial charge in [-0.15, -0.1) is 0 Å². The summed E-state index contributed by atoms with van der Waals surface area (Å²) in [5.41, 5.74) is 3.32. The summed E-state index contributed by atoms with van der Waals surface area (Å²) in [7, 11) is 0. The average Bonchev–Trinajstić information content (AvgIpc) is 2.34. The molecule has 0 saturated heterocycles. The van der Waals surface area contributed by atoms with Gasteiger partial charge in [0.15, 0.2) is 0 Å². The maximum absolute atomic E-state index is 4.08. The van der Waals surface area contributed by atoms with Gasteiger partial charge in [0.1, 0.15) is 0 Å². The zero-order chi connectivity index (χ0) is 11.8. The molecule has 0 aliphatic heterocycles. The number of rotatable bonds is 5. The van der Waals surface area contributed by atoms with Gasteiger partial charge in [0.25, 0.3) is 0 Å². The molecule has 0 fully saturated rings. The van der Waals surface area contributed by atoms with Gasteiger partial charge in [-0.1, -0.05) is 74.7 Å². The van der Waals surface area contributed by atoms with Crippen molar-refractivity contribution in [3.05, 3.63) is 78.9 Å². The Kier molecular flexibility index (Phi) is 5.07. The summed E-state index contributed by atoms with van der Waals surface area (Å²) in [6, 6.07) is 10.2. The van der Waals surface area contributed by atoms with E-state index < -0.39 is 0 Å². The van der Waals surface area contributed by atoms with Crippen molar-refractivity contribution in [2.24, 2.45) is 0 Å². The minimum Gasteiger partial charge on any atom is -0.0990 e.